The Morgan fingerprint density at radius 1 is 1.14 bits per heavy atom. The van der Waals surface area contributed by atoms with Crippen LogP contribution in [0.5, 0.6) is 0 Å². The van der Waals surface area contributed by atoms with E-state index in [9.17, 15) is 9.90 Å². The van der Waals surface area contributed by atoms with Crippen molar-refractivity contribution in [3.8, 4) is 0 Å². The molecule has 0 bridgehead atoms. The van der Waals surface area contributed by atoms with E-state index in [1.54, 1.807) is 12.5 Å². The maximum absolute atomic E-state index is 11.9. The van der Waals surface area contributed by atoms with Crippen molar-refractivity contribution < 1.29 is 9.90 Å². The van der Waals surface area contributed by atoms with Crippen molar-refractivity contribution >= 4 is 5.78 Å². The number of carbonyl (C=O) groups is 1. The molecular weight excluding hydrogens is 272 g/mol. The van der Waals surface area contributed by atoms with E-state index < -0.39 is 0 Å². The maximum atomic E-state index is 11.9. The van der Waals surface area contributed by atoms with Gasteiger partial charge in [0.25, 0.3) is 0 Å². The van der Waals surface area contributed by atoms with E-state index in [-0.39, 0.29) is 6.10 Å². The number of allylic oxidation sites excluding steroid dienone is 2. The molecule has 0 radical (unpaired) electrons. The fourth-order valence-electron chi connectivity index (χ4n) is 6.82. The first-order valence-corrected chi connectivity index (χ1v) is 9.41. The van der Waals surface area contributed by atoms with Crippen LogP contribution in [0.25, 0.3) is 0 Å². The summed E-state index contributed by atoms with van der Waals surface area (Å²) in [5, 5.41) is 10.1. The predicted molar refractivity (Wildman–Crippen MR) is 87.3 cm³/mol. The molecule has 0 unspecified atom stereocenters. The molecule has 6 atom stereocenters. The SMILES string of the molecule is CC(=O)C1=C2CC[C@@H]3[C@H](CC[C@@H]4C[C@H](O)CC[C@@]43C)[C@@H]2CC1. The molecular formula is C20H30O2. The lowest BCUT2D eigenvalue weighted by Gasteiger charge is -2.58. The summed E-state index contributed by atoms with van der Waals surface area (Å²) in [4.78, 5) is 11.9. The highest BCUT2D eigenvalue weighted by molar-refractivity contribution is 5.94. The molecule has 0 amide bonds. The number of hydrogen-bond donors (Lipinski definition) is 1. The summed E-state index contributed by atoms with van der Waals surface area (Å²) in [6, 6.07) is 0. The first-order valence-electron chi connectivity index (χ1n) is 9.41. The molecule has 1 N–H and O–H groups in total. The molecule has 3 saturated carbocycles. The smallest absolute Gasteiger partial charge is 0.155 e. The third-order valence-electron chi connectivity index (χ3n) is 7.92. The molecule has 4 aliphatic rings. The summed E-state index contributed by atoms with van der Waals surface area (Å²) in [5.41, 5.74) is 3.19. The zero-order chi connectivity index (χ0) is 15.5. The Labute approximate surface area is 134 Å². The van der Waals surface area contributed by atoms with Crippen molar-refractivity contribution in [2.24, 2.45) is 29.1 Å². The van der Waals surface area contributed by atoms with Gasteiger partial charge >= 0.3 is 0 Å². The second-order valence-electron chi connectivity index (χ2n) is 8.72. The summed E-state index contributed by atoms with van der Waals surface area (Å²) in [6.45, 7) is 4.29. The lowest BCUT2D eigenvalue weighted by molar-refractivity contribution is -0.113. The van der Waals surface area contributed by atoms with Crippen LogP contribution in [-0.4, -0.2) is 17.0 Å². The fourth-order valence-corrected chi connectivity index (χ4v) is 6.82. The Balaban J connectivity index is 1.62. The Bertz CT molecular complexity index is 520. The largest absolute Gasteiger partial charge is 0.393 e. The number of Topliss-reactive ketones (excluding diaryl/α,β-unsaturated/α-hetero) is 1. The molecule has 22 heavy (non-hydrogen) atoms. The van der Waals surface area contributed by atoms with Gasteiger partial charge in [0.2, 0.25) is 0 Å². The average Bonchev–Trinajstić information content (AvgIpc) is 2.92. The summed E-state index contributed by atoms with van der Waals surface area (Å²) in [5.74, 6) is 3.42. The van der Waals surface area contributed by atoms with Gasteiger partial charge < -0.3 is 5.11 Å². The molecule has 122 valence electrons. The van der Waals surface area contributed by atoms with Gasteiger partial charge in [0.1, 0.15) is 0 Å². The number of aliphatic hydroxyl groups excluding tert-OH is 1. The molecule has 0 aliphatic heterocycles. The highest BCUT2D eigenvalue weighted by atomic mass is 16.3. The number of rotatable bonds is 1. The van der Waals surface area contributed by atoms with Gasteiger partial charge in [0, 0.05) is 0 Å². The van der Waals surface area contributed by atoms with E-state index in [0.29, 0.717) is 17.1 Å². The Hall–Kier alpha value is -0.630. The molecule has 4 aliphatic carbocycles. The van der Waals surface area contributed by atoms with E-state index >= 15 is 0 Å². The molecule has 3 fully saturated rings. The van der Waals surface area contributed by atoms with Gasteiger partial charge in [-0.1, -0.05) is 12.5 Å². The standard InChI is InChI=1S/C20H30O2/c1-12(21)15-5-6-17-16(15)7-8-19-18(17)4-3-13-11-14(22)9-10-20(13,19)2/h13-14,17-19,22H,3-11H2,1-2H3/t13-,14-,17-,18-,19-,20+/m1/s1. The number of aliphatic hydroxyl groups is 1. The van der Waals surface area contributed by atoms with Crippen LogP contribution in [-0.2, 0) is 4.79 Å². The van der Waals surface area contributed by atoms with E-state index in [0.717, 1.165) is 37.0 Å². The van der Waals surface area contributed by atoms with Gasteiger partial charge in [-0.2, -0.15) is 0 Å². The Morgan fingerprint density at radius 3 is 2.73 bits per heavy atom. The van der Waals surface area contributed by atoms with Crippen molar-refractivity contribution in [2.45, 2.75) is 77.7 Å². The first-order chi connectivity index (χ1) is 10.5. The highest BCUT2D eigenvalue weighted by Gasteiger charge is 2.54. The molecule has 4 rings (SSSR count). The molecule has 0 aromatic carbocycles. The van der Waals surface area contributed by atoms with Crippen molar-refractivity contribution in [1.29, 1.82) is 0 Å². The minimum Gasteiger partial charge on any atom is -0.393 e. The van der Waals surface area contributed by atoms with Crippen LogP contribution in [0, 0.1) is 29.1 Å². The van der Waals surface area contributed by atoms with Crippen LogP contribution >= 0.6 is 0 Å². The molecule has 2 heteroatoms. The van der Waals surface area contributed by atoms with Gasteiger partial charge in [-0.05, 0) is 99.4 Å². The van der Waals surface area contributed by atoms with Crippen LogP contribution in [0.2, 0.25) is 0 Å². The number of ketones is 1. The lowest BCUT2D eigenvalue weighted by atomic mass is 9.47. The zero-order valence-corrected chi connectivity index (χ0v) is 14.1. The second-order valence-corrected chi connectivity index (χ2v) is 8.72. The van der Waals surface area contributed by atoms with Gasteiger partial charge in [-0.15, -0.1) is 0 Å². The van der Waals surface area contributed by atoms with Gasteiger partial charge in [-0.3, -0.25) is 4.79 Å². The Kier molecular flexibility index (Phi) is 3.52. The van der Waals surface area contributed by atoms with Gasteiger partial charge in [-0.25, -0.2) is 0 Å². The molecule has 0 saturated heterocycles. The number of hydrogen-bond acceptors (Lipinski definition) is 2. The van der Waals surface area contributed by atoms with E-state index in [1.165, 1.54) is 44.1 Å². The molecule has 0 spiro atoms. The van der Waals surface area contributed by atoms with Crippen molar-refractivity contribution in [1.82, 2.24) is 0 Å². The van der Waals surface area contributed by atoms with Crippen LogP contribution in [0.4, 0.5) is 0 Å². The third kappa shape index (κ3) is 2.06. The van der Waals surface area contributed by atoms with Crippen LogP contribution < -0.4 is 0 Å². The van der Waals surface area contributed by atoms with Crippen LogP contribution in [0.1, 0.15) is 71.6 Å². The molecule has 0 aromatic rings. The van der Waals surface area contributed by atoms with Crippen molar-refractivity contribution in [3.05, 3.63) is 11.1 Å². The fraction of sp³-hybridized carbons (Fsp3) is 0.850. The number of fused-ring (bicyclic) bond motifs is 5. The van der Waals surface area contributed by atoms with Gasteiger partial charge in [0.15, 0.2) is 5.78 Å². The minimum absolute atomic E-state index is 0.0514. The summed E-state index contributed by atoms with van der Waals surface area (Å²) in [6.07, 6.45) is 10.6. The molecule has 2 nitrogen and oxygen atoms in total. The van der Waals surface area contributed by atoms with E-state index in [1.807, 2.05) is 0 Å². The maximum Gasteiger partial charge on any atom is 0.155 e. The highest BCUT2D eigenvalue weighted by Crippen LogP contribution is 2.62. The third-order valence-corrected chi connectivity index (χ3v) is 7.92. The van der Waals surface area contributed by atoms with E-state index in [2.05, 4.69) is 6.92 Å². The van der Waals surface area contributed by atoms with E-state index in [4.69, 9.17) is 0 Å². The van der Waals surface area contributed by atoms with Gasteiger partial charge in [0.05, 0.1) is 6.10 Å². The first kappa shape index (κ1) is 14.9. The molecule has 0 heterocycles. The lowest BCUT2D eigenvalue weighted by Crippen LogP contribution is -2.50. The second kappa shape index (κ2) is 5.19. The zero-order valence-electron chi connectivity index (χ0n) is 14.1. The molecule has 0 aromatic heterocycles. The van der Waals surface area contributed by atoms with Crippen LogP contribution in [0.15, 0.2) is 11.1 Å². The summed E-state index contributed by atoms with van der Waals surface area (Å²) >= 11 is 0. The number of carbonyl (C=O) groups excluding carboxylic acids is 1. The quantitative estimate of drug-likeness (QED) is 0.785. The van der Waals surface area contributed by atoms with Crippen LogP contribution in [0.3, 0.4) is 0 Å². The summed E-state index contributed by atoms with van der Waals surface area (Å²) < 4.78 is 0. The predicted octanol–water partition coefficient (Wildman–Crippen LogP) is 4.27. The average molecular weight is 302 g/mol. The normalized spacial score (nSPS) is 47.7. The monoisotopic (exact) mass is 302 g/mol. The summed E-state index contributed by atoms with van der Waals surface area (Å²) in [7, 11) is 0. The topological polar surface area (TPSA) is 37.3 Å². The Morgan fingerprint density at radius 2 is 1.95 bits per heavy atom. The minimum atomic E-state index is -0.0514. The van der Waals surface area contributed by atoms with Crippen molar-refractivity contribution in [2.75, 3.05) is 0 Å². The van der Waals surface area contributed by atoms with Crippen molar-refractivity contribution in [3.63, 3.8) is 0 Å².